The van der Waals surface area contributed by atoms with Gasteiger partial charge in [-0.25, -0.2) is 0 Å². The first kappa shape index (κ1) is 56.7. The summed E-state index contributed by atoms with van der Waals surface area (Å²) in [6.07, 6.45) is -7.53. The van der Waals surface area contributed by atoms with Crippen molar-refractivity contribution in [3.8, 4) is 0 Å². The maximum atomic E-state index is 14.2. The van der Waals surface area contributed by atoms with E-state index in [9.17, 15) is 43.2 Å². The number of hydrazine groups is 1. The molecule has 2 saturated heterocycles. The first-order chi connectivity index (χ1) is 35.3. The molecule has 2 bridgehead atoms. The van der Waals surface area contributed by atoms with Crippen LogP contribution in [-0.2, 0) is 90.5 Å². The monoisotopic (exact) mass is 1060 g/mol. The van der Waals surface area contributed by atoms with E-state index in [0.29, 0.717) is 50.5 Å². The molecule has 2 amide bonds. The highest BCUT2D eigenvalue weighted by molar-refractivity contribution is 5.95. The van der Waals surface area contributed by atoms with Gasteiger partial charge < -0.3 is 52.1 Å². The van der Waals surface area contributed by atoms with Crippen LogP contribution in [0.4, 0.5) is 0 Å². The van der Waals surface area contributed by atoms with Crippen LogP contribution >= 0.6 is 0 Å². The number of nitrogens with one attached hydrogen (secondary N) is 2. The number of aromatic nitrogens is 1. The normalized spacial score (nSPS) is 36.7. The zero-order valence-electron chi connectivity index (χ0n) is 43.8. The number of pyridine rings is 1. The summed E-state index contributed by atoms with van der Waals surface area (Å²) in [4.78, 5) is 120. The second-order valence-corrected chi connectivity index (χ2v) is 21.2. The van der Waals surface area contributed by atoms with Gasteiger partial charge in [0.1, 0.15) is 25.4 Å². The minimum absolute atomic E-state index is 0.0577. The predicted molar refractivity (Wildman–Crippen MR) is 253 cm³/mol. The first-order valence-electron chi connectivity index (χ1n) is 25.3. The van der Waals surface area contributed by atoms with Crippen LogP contribution in [0.5, 0.6) is 0 Å². The maximum Gasteiger partial charge on any atom is 0.303 e. The van der Waals surface area contributed by atoms with Gasteiger partial charge >= 0.3 is 41.8 Å². The highest BCUT2D eigenvalue weighted by atomic mass is 16.8. The lowest BCUT2D eigenvalue weighted by Crippen LogP contribution is -2.68. The van der Waals surface area contributed by atoms with Crippen LogP contribution < -0.4 is 10.9 Å². The van der Waals surface area contributed by atoms with E-state index in [2.05, 4.69) is 29.3 Å². The molecule has 23 heteroatoms. The van der Waals surface area contributed by atoms with Crippen molar-refractivity contribution >= 4 is 53.6 Å². The fourth-order valence-corrected chi connectivity index (χ4v) is 13.4. The van der Waals surface area contributed by atoms with Crippen molar-refractivity contribution in [2.24, 2.45) is 28.1 Å². The summed E-state index contributed by atoms with van der Waals surface area (Å²) in [6, 6.07) is 3.24. The Kier molecular flexibility index (Phi) is 17.1. The molecule has 6 aliphatic rings. The molecule has 4 saturated carbocycles. The first-order valence-corrected chi connectivity index (χ1v) is 25.3. The molecule has 2 N–H and O–H groups in total. The zero-order valence-corrected chi connectivity index (χ0v) is 43.8. The Labute approximate surface area is 434 Å². The van der Waals surface area contributed by atoms with E-state index in [-0.39, 0.29) is 28.6 Å². The van der Waals surface area contributed by atoms with Gasteiger partial charge in [-0.1, -0.05) is 26.8 Å². The number of fused-ring (bicyclic) bond motifs is 3. The molecule has 1 aromatic heterocycles. The van der Waals surface area contributed by atoms with Crippen LogP contribution in [0.25, 0.3) is 0 Å². The Bertz CT molecular complexity index is 2400. The van der Waals surface area contributed by atoms with E-state index in [0.717, 1.165) is 66.9 Å². The molecule has 23 nitrogen and oxygen atoms in total. The topological polar surface area (TPSA) is 292 Å². The van der Waals surface area contributed by atoms with Crippen LogP contribution in [0.1, 0.15) is 130 Å². The van der Waals surface area contributed by atoms with Gasteiger partial charge in [0.05, 0.1) is 16.6 Å². The number of carbonyl (C=O) groups excluding carboxylic acids is 9. The highest BCUT2D eigenvalue weighted by Crippen LogP contribution is 2.73. The van der Waals surface area contributed by atoms with Crippen molar-refractivity contribution in [1.29, 1.82) is 0 Å². The number of ether oxygens (including phenoxy) is 11. The highest BCUT2D eigenvalue weighted by Gasteiger charge is 2.69. The van der Waals surface area contributed by atoms with Crippen molar-refractivity contribution in [2.45, 2.75) is 187 Å². The van der Waals surface area contributed by atoms with E-state index in [1.807, 2.05) is 6.92 Å². The predicted octanol–water partition coefficient (Wildman–Crippen LogP) is 3.57. The molecule has 16 atom stereocenters. The summed E-state index contributed by atoms with van der Waals surface area (Å²) < 4.78 is 66.3. The summed E-state index contributed by atoms with van der Waals surface area (Å²) in [5, 5.41) is 0. The number of hydrogen-bond donors (Lipinski definition) is 2. The summed E-state index contributed by atoms with van der Waals surface area (Å²) in [5.74, 6) is -6.61. The van der Waals surface area contributed by atoms with Crippen molar-refractivity contribution in [3.05, 3.63) is 42.2 Å². The maximum absolute atomic E-state index is 14.2. The second kappa shape index (κ2) is 22.7. The SMILES string of the molecule is C=C1C[C@@]23CC[C@H]4[C@@](C)(CCC[C@@]4(C)C(=O)NNC(=O)c4cccnc4)[C@@H]2CC[C@]1(O[C@@H]1O[C@H](COC(C)=O)[C@@H](OC(C)=O)[C@H](OC(C)=O)[C@H]1O[C@@H]1O[C@H](COC(C)=O)[C@@H](OC(C)=O)[C@H](OC(C)=O)[C@H]1OC(C)=O)C3. The Balaban J connectivity index is 1.24. The third-order valence-corrected chi connectivity index (χ3v) is 16.1. The van der Waals surface area contributed by atoms with Gasteiger partial charge in [-0.3, -0.25) is 59.0 Å². The molecule has 412 valence electrons. The third kappa shape index (κ3) is 12.0. The smallest absolute Gasteiger partial charge is 0.303 e. The molecule has 0 radical (unpaired) electrons. The fraction of sp³-hybridized carbons (Fsp3) is 0.692. The average Bonchev–Trinajstić information content (AvgIpc) is 3.52. The molecule has 2 aliphatic heterocycles. The molecule has 7 rings (SSSR count). The second-order valence-electron chi connectivity index (χ2n) is 21.2. The van der Waals surface area contributed by atoms with Crippen LogP contribution in [0.2, 0.25) is 0 Å². The quantitative estimate of drug-likeness (QED) is 0.0834. The third-order valence-electron chi connectivity index (χ3n) is 16.1. The van der Waals surface area contributed by atoms with E-state index in [4.69, 9.17) is 52.1 Å². The van der Waals surface area contributed by atoms with Gasteiger partial charge in [-0.2, -0.15) is 0 Å². The molecule has 0 aromatic carbocycles. The van der Waals surface area contributed by atoms with E-state index < -0.39 is 133 Å². The summed E-state index contributed by atoms with van der Waals surface area (Å²) in [6.45, 7) is 15.4. The van der Waals surface area contributed by atoms with Crippen molar-refractivity contribution < 1.29 is 95.3 Å². The van der Waals surface area contributed by atoms with Crippen LogP contribution in [0.15, 0.2) is 36.7 Å². The number of hydrogen-bond acceptors (Lipinski definition) is 21. The Hall–Kier alpha value is -6.04. The minimum Gasteiger partial charge on any atom is -0.463 e. The number of amides is 2. The largest absolute Gasteiger partial charge is 0.463 e. The van der Waals surface area contributed by atoms with Crippen LogP contribution in [0.3, 0.4) is 0 Å². The van der Waals surface area contributed by atoms with Crippen molar-refractivity contribution in [1.82, 2.24) is 15.8 Å². The van der Waals surface area contributed by atoms with Gasteiger partial charge in [0.2, 0.25) is 5.91 Å². The molecule has 3 heterocycles. The average molecular weight is 1060 g/mol. The molecule has 1 aromatic rings. The summed E-state index contributed by atoms with van der Waals surface area (Å²) >= 11 is 0. The Morgan fingerprint density at radius 3 is 1.72 bits per heavy atom. The molecular formula is C52H69N3O20. The molecule has 4 aliphatic carbocycles. The molecule has 6 fully saturated rings. The minimum atomic E-state index is -1.85. The number of nitrogens with zero attached hydrogens (tertiary/aromatic N) is 1. The molecule has 75 heavy (non-hydrogen) atoms. The van der Waals surface area contributed by atoms with Crippen molar-refractivity contribution in [2.75, 3.05) is 13.2 Å². The summed E-state index contributed by atoms with van der Waals surface area (Å²) in [5.41, 5.74) is 3.67. The van der Waals surface area contributed by atoms with Gasteiger partial charge in [0.25, 0.3) is 5.91 Å². The van der Waals surface area contributed by atoms with Crippen LogP contribution in [-0.4, -0.2) is 139 Å². The molecule has 0 unspecified atom stereocenters. The lowest BCUT2D eigenvalue weighted by molar-refractivity contribution is -0.379. The lowest BCUT2D eigenvalue weighted by atomic mass is 9.40. The number of carbonyl (C=O) groups is 9. The van der Waals surface area contributed by atoms with Crippen LogP contribution in [0, 0.1) is 28.1 Å². The molecular weight excluding hydrogens is 987 g/mol. The molecule has 1 spiro atoms. The van der Waals surface area contributed by atoms with E-state index in [1.165, 1.54) is 6.20 Å². The lowest BCUT2D eigenvalue weighted by Gasteiger charge is -2.64. The Morgan fingerprint density at radius 2 is 1.17 bits per heavy atom. The van der Waals surface area contributed by atoms with E-state index in [1.54, 1.807) is 18.3 Å². The van der Waals surface area contributed by atoms with Gasteiger partial charge in [-0.05, 0) is 91.7 Å². The van der Waals surface area contributed by atoms with E-state index >= 15 is 0 Å². The van der Waals surface area contributed by atoms with Gasteiger partial charge in [0, 0.05) is 60.9 Å². The number of rotatable bonds is 15. The fourth-order valence-electron chi connectivity index (χ4n) is 13.4. The standard InChI is InChI=1S/C52H69N3O20/c1-26-21-51-18-14-37-49(9,16-12-17-50(37,10)48(64)55-54-45(63)34-13-11-20-53-22-34)38(51)15-19-52(26,25-51)75-47-44(42(70-32(7)61)40(68-30(5)59)36(73-47)24-66-28(3)57)74-46-43(71-33(8)62)41(69-31(6)60)39(67-29(4)58)35(72-46)23-65-27(2)56/h11,13,20,22,35-44,46-47H,1,12,14-19,21,23-25H2,2-10H3,(H,54,63)(H,55,64)/t35-,36-,37+,38+,39-,40-,41+,42+,43-,44-,46+,47+,49-,50-,51-,52+/m1/s1. The van der Waals surface area contributed by atoms with Gasteiger partial charge in [0.15, 0.2) is 49.2 Å². The van der Waals surface area contributed by atoms with Gasteiger partial charge in [-0.15, -0.1) is 0 Å². The van der Waals surface area contributed by atoms with Crippen molar-refractivity contribution in [3.63, 3.8) is 0 Å². The Morgan fingerprint density at radius 1 is 0.640 bits per heavy atom. The summed E-state index contributed by atoms with van der Waals surface area (Å²) in [7, 11) is 0. The number of esters is 7. The zero-order chi connectivity index (χ0) is 54.8.